The van der Waals surface area contributed by atoms with Crippen molar-refractivity contribution in [3.63, 3.8) is 0 Å². The van der Waals surface area contributed by atoms with Crippen LogP contribution in [0.2, 0.25) is 0 Å². The average molecular weight is 230 g/mol. The molecule has 1 atom stereocenters. The normalized spacial score (nSPS) is 12.6. The zero-order chi connectivity index (χ0) is 12.1. The van der Waals surface area contributed by atoms with E-state index in [1.54, 1.807) is 0 Å². The van der Waals surface area contributed by atoms with Gasteiger partial charge in [0.05, 0.1) is 12.7 Å². The summed E-state index contributed by atoms with van der Waals surface area (Å²) >= 11 is 0. The highest BCUT2D eigenvalue weighted by Gasteiger charge is 2.03. The van der Waals surface area contributed by atoms with Crippen LogP contribution in [0.25, 0.3) is 0 Å². The van der Waals surface area contributed by atoms with E-state index in [4.69, 9.17) is 0 Å². The molecule has 0 saturated heterocycles. The molecule has 0 aromatic carbocycles. The molecule has 2 aromatic heterocycles. The smallest absolute Gasteiger partial charge is 0.0560 e. The van der Waals surface area contributed by atoms with Gasteiger partial charge in [-0.3, -0.25) is 9.67 Å². The van der Waals surface area contributed by atoms with Gasteiger partial charge in [0.1, 0.15) is 0 Å². The lowest BCUT2D eigenvalue weighted by Crippen LogP contribution is -2.30. The van der Waals surface area contributed by atoms with E-state index in [0.29, 0.717) is 6.04 Å². The van der Waals surface area contributed by atoms with Gasteiger partial charge in [-0.2, -0.15) is 5.10 Å². The highest BCUT2D eigenvalue weighted by molar-refractivity contribution is 5.09. The summed E-state index contributed by atoms with van der Waals surface area (Å²) in [7, 11) is 0. The van der Waals surface area contributed by atoms with Crippen molar-refractivity contribution in [1.82, 2.24) is 20.1 Å². The van der Waals surface area contributed by atoms with E-state index in [2.05, 4.69) is 35.4 Å². The van der Waals surface area contributed by atoms with Gasteiger partial charge in [0, 0.05) is 31.2 Å². The van der Waals surface area contributed by atoms with E-state index in [1.807, 2.05) is 35.4 Å². The molecule has 0 unspecified atom stereocenters. The minimum atomic E-state index is 0.391. The number of rotatable bonds is 5. The Kier molecular flexibility index (Phi) is 3.88. The fourth-order valence-corrected chi connectivity index (χ4v) is 1.70. The SMILES string of the molecule is Cc1cnn(C[C@H](C)NCc2ccncc2)c1. The van der Waals surface area contributed by atoms with Crippen LogP contribution in [-0.4, -0.2) is 20.8 Å². The van der Waals surface area contributed by atoms with Crippen molar-refractivity contribution >= 4 is 0 Å². The molecular formula is C13H18N4. The summed E-state index contributed by atoms with van der Waals surface area (Å²) in [5, 5.41) is 7.75. The van der Waals surface area contributed by atoms with Crippen LogP contribution in [0.3, 0.4) is 0 Å². The lowest BCUT2D eigenvalue weighted by atomic mass is 10.2. The highest BCUT2D eigenvalue weighted by Crippen LogP contribution is 1.99. The number of hydrogen-bond donors (Lipinski definition) is 1. The van der Waals surface area contributed by atoms with Crippen LogP contribution in [0, 0.1) is 6.92 Å². The number of hydrogen-bond acceptors (Lipinski definition) is 3. The summed E-state index contributed by atoms with van der Waals surface area (Å²) in [5.41, 5.74) is 2.45. The second kappa shape index (κ2) is 5.59. The lowest BCUT2D eigenvalue weighted by Gasteiger charge is -2.13. The monoisotopic (exact) mass is 230 g/mol. The Morgan fingerprint density at radius 1 is 1.35 bits per heavy atom. The molecular weight excluding hydrogens is 212 g/mol. The van der Waals surface area contributed by atoms with Gasteiger partial charge in [-0.15, -0.1) is 0 Å². The molecule has 0 aliphatic rings. The number of nitrogens with zero attached hydrogens (tertiary/aromatic N) is 3. The van der Waals surface area contributed by atoms with Gasteiger partial charge < -0.3 is 5.32 Å². The fraction of sp³-hybridized carbons (Fsp3) is 0.385. The second-order valence-corrected chi connectivity index (χ2v) is 4.38. The molecule has 90 valence electrons. The molecule has 2 aromatic rings. The Morgan fingerprint density at radius 3 is 2.76 bits per heavy atom. The van der Waals surface area contributed by atoms with Crippen LogP contribution >= 0.6 is 0 Å². The first-order chi connectivity index (χ1) is 8.24. The topological polar surface area (TPSA) is 42.7 Å². The first kappa shape index (κ1) is 11.8. The number of nitrogens with one attached hydrogen (secondary N) is 1. The van der Waals surface area contributed by atoms with Gasteiger partial charge in [0.25, 0.3) is 0 Å². The van der Waals surface area contributed by atoms with Crippen molar-refractivity contribution < 1.29 is 0 Å². The summed E-state index contributed by atoms with van der Waals surface area (Å²) in [4.78, 5) is 4.00. The van der Waals surface area contributed by atoms with Gasteiger partial charge in [0.2, 0.25) is 0 Å². The van der Waals surface area contributed by atoms with Crippen molar-refractivity contribution in [3.8, 4) is 0 Å². The predicted molar refractivity (Wildman–Crippen MR) is 67.5 cm³/mol. The van der Waals surface area contributed by atoms with E-state index < -0.39 is 0 Å². The number of pyridine rings is 1. The van der Waals surface area contributed by atoms with Crippen molar-refractivity contribution in [1.29, 1.82) is 0 Å². The summed E-state index contributed by atoms with van der Waals surface area (Å²) in [6, 6.07) is 4.44. The van der Waals surface area contributed by atoms with Crippen LogP contribution in [0.5, 0.6) is 0 Å². The van der Waals surface area contributed by atoms with E-state index in [0.717, 1.165) is 13.1 Å². The Morgan fingerprint density at radius 2 is 2.12 bits per heavy atom. The Hall–Kier alpha value is -1.68. The summed E-state index contributed by atoms with van der Waals surface area (Å²) in [5.74, 6) is 0. The second-order valence-electron chi connectivity index (χ2n) is 4.38. The van der Waals surface area contributed by atoms with E-state index in [1.165, 1.54) is 11.1 Å². The average Bonchev–Trinajstić information content (AvgIpc) is 2.73. The molecule has 0 bridgehead atoms. The van der Waals surface area contributed by atoms with Crippen molar-refractivity contribution in [2.24, 2.45) is 0 Å². The molecule has 17 heavy (non-hydrogen) atoms. The maximum Gasteiger partial charge on any atom is 0.0560 e. The maximum atomic E-state index is 4.28. The van der Waals surface area contributed by atoms with Crippen molar-refractivity contribution in [3.05, 3.63) is 48.0 Å². The van der Waals surface area contributed by atoms with Crippen LogP contribution in [0.4, 0.5) is 0 Å². The van der Waals surface area contributed by atoms with Crippen LogP contribution in [0.1, 0.15) is 18.1 Å². The quantitative estimate of drug-likeness (QED) is 0.851. The van der Waals surface area contributed by atoms with Gasteiger partial charge in [-0.25, -0.2) is 0 Å². The minimum absolute atomic E-state index is 0.391. The molecule has 0 aliphatic heterocycles. The van der Waals surface area contributed by atoms with E-state index in [9.17, 15) is 0 Å². The van der Waals surface area contributed by atoms with Crippen molar-refractivity contribution in [2.45, 2.75) is 33.0 Å². The Balaban J connectivity index is 1.80. The maximum absolute atomic E-state index is 4.28. The van der Waals surface area contributed by atoms with Gasteiger partial charge in [-0.1, -0.05) is 0 Å². The number of aromatic nitrogens is 3. The summed E-state index contributed by atoms with van der Waals surface area (Å²) < 4.78 is 1.97. The van der Waals surface area contributed by atoms with Crippen LogP contribution < -0.4 is 5.32 Å². The molecule has 2 rings (SSSR count). The molecule has 0 amide bonds. The molecule has 0 saturated carbocycles. The minimum Gasteiger partial charge on any atom is -0.308 e. The molecule has 2 heterocycles. The summed E-state index contributed by atoms with van der Waals surface area (Å²) in [6.07, 6.45) is 7.58. The summed E-state index contributed by atoms with van der Waals surface area (Å²) in [6.45, 7) is 5.97. The van der Waals surface area contributed by atoms with E-state index in [-0.39, 0.29) is 0 Å². The third-order valence-electron chi connectivity index (χ3n) is 2.63. The molecule has 4 nitrogen and oxygen atoms in total. The highest BCUT2D eigenvalue weighted by atomic mass is 15.3. The molecule has 0 radical (unpaired) electrons. The van der Waals surface area contributed by atoms with Gasteiger partial charge in [0.15, 0.2) is 0 Å². The molecule has 1 N–H and O–H groups in total. The van der Waals surface area contributed by atoms with E-state index >= 15 is 0 Å². The fourth-order valence-electron chi connectivity index (χ4n) is 1.70. The van der Waals surface area contributed by atoms with Gasteiger partial charge in [-0.05, 0) is 37.1 Å². The van der Waals surface area contributed by atoms with Crippen LogP contribution in [0.15, 0.2) is 36.9 Å². The third-order valence-corrected chi connectivity index (χ3v) is 2.63. The zero-order valence-corrected chi connectivity index (χ0v) is 10.3. The Bertz CT molecular complexity index is 449. The molecule has 0 aliphatic carbocycles. The first-order valence-corrected chi connectivity index (χ1v) is 5.85. The van der Waals surface area contributed by atoms with Crippen molar-refractivity contribution in [2.75, 3.05) is 0 Å². The standard InChI is InChI=1S/C13H18N4/c1-11-7-16-17(9-11)10-12(2)15-8-13-3-5-14-6-4-13/h3-7,9,12,15H,8,10H2,1-2H3/t12-/m0/s1. The van der Waals surface area contributed by atoms with Gasteiger partial charge >= 0.3 is 0 Å². The lowest BCUT2D eigenvalue weighted by molar-refractivity contribution is 0.450. The zero-order valence-electron chi connectivity index (χ0n) is 10.3. The molecule has 0 fully saturated rings. The third kappa shape index (κ3) is 3.67. The molecule has 0 spiro atoms. The number of aryl methyl sites for hydroxylation is 1. The van der Waals surface area contributed by atoms with Crippen LogP contribution in [-0.2, 0) is 13.1 Å². The molecule has 4 heteroatoms. The predicted octanol–water partition coefficient (Wildman–Crippen LogP) is 1.76. The first-order valence-electron chi connectivity index (χ1n) is 5.85. The Labute approximate surface area is 102 Å². The largest absolute Gasteiger partial charge is 0.308 e.